The van der Waals surface area contributed by atoms with E-state index in [4.69, 9.17) is 14.6 Å². The van der Waals surface area contributed by atoms with Gasteiger partial charge in [-0.1, -0.05) is 0 Å². The minimum absolute atomic E-state index is 0.00333. The SMILES string of the molecule is COCCN1C(=O)COCC1CCO. The molecule has 0 aliphatic carbocycles. The highest BCUT2D eigenvalue weighted by Gasteiger charge is 2.27. The molecule has 0 radical (unpaired) electrons. The van der Waals surface area contributed by atoms with Gasteiger partial charge in [-0.2, -0.15) is 0 Å². The second kappa shape index (κ2) is 5.95. The van der Waals surface area contributed by atoms with E-state index in [2.05, 4.69) is 0 Å². The van der Waals surface area contributed by atoms with Crippen LogP contribution in [0.2, 0.25) is 0 Å². The third-order valence-electron chi connectivity index (χ3n) is 2.30. The monoisotopic (exact) mass is 203 g/mol. The van der Waals surface area contributed by atoms with Gasteiger partial charge in [-0.25, -0.2) is 0 Å². The minimum atomic E-state index is -0.0215. The lowest BCUT2D eigenvalue weighted by Crippen LogP contribution is -2.50. The fourth-order valence-electron chi connectivity index (χ4n) is 1.54. The van der Waals surface area contributed by atoms with E-state index < -0.39 is 0 Å². The van der Waals surface area contributed by atoms with Crippen molar-refractivity contribution in [3.63, 3.8) is 0 Å². The minimum Gasteiger partial charge on any atom is -0.396 e. The average Bonchev–Trinajstić information content (AvgIpc) is 2.18. The molecule has 5 nitrogen and oxygen atoms in total. The van der Waals surface area contributed by atoms with Crippen molar-refractivity contribution in [3.8, 4) is 0 Å². The van der Waals surface area contributed by atoms with Gasteiger partial charge in [0.05, 0.1) is 19.3 Å². The van der Waals surface area contributed by atoms with Gasteiger partial charge in [0.25, 0.3) is 0 Å². The molecule has 0 saturated carbocycles. The molecule has 14 heavy (non-hydrogen) atoms. The van der Waals surface area contributed by atoms with Gasteiger partial charge in [0.15, 0.2) is 0 Å². The lowest BCUT2D eigenvalue weighted by Gasteiger charge is -2.35. The number of hydrogen-bond donors (Lipinski definition) is 1. The van der Waals surface area contributed by atoms with E-state index in [9.17, 15) is 4.79 Å². The maximum Gasteiger partial charge on any atom is 0.248 e. The summed E-state index contributed by atoms with van der Waals surface area (Å²) in [7, 11) is 1.60. The summed E-state index contributed by atoms with van der Waals surface area (Å²) in [6.45, 7) is 1.82. The normalized spacial score (nSPS) is 22.9. The molecule has 1 fully saturated rings. The van der Waals surface area contributed by atoms with Crippen molar-refractivity contribution in [1.29, 1.82) is 0 Å². The smallest absolute Gasteiger partial charge is 0.248 e. The standard InChI is InChI=1S/C9H17NO4/c1-13-5-3-10-8(2-4-11)6-14-7-9(10)12/h8,11H,2-7H2,1H3. The summed E-state index contributed by atoms with van der Waals surface area (Å²) in [6, 6.07) is -0.00333. The first kappa shape index (κ1) is 11.4. The van der Waals surface area contributed by atoms with Crippen LogP contribution in [-0.4, -0.2) is 62.0 Å². The Bertz CT molecular complexity index is 184. The molecule has 0 aromatic heterocycles. The predicted molar refractivity (Wildman–Crippen MR) is 49.9 cm³/mol. The summed E-state index contributed by atoms with van der Waals surface area (Å²) in [5.74, 6) is -0.0215. The molecule has 0 aromatic rings. The number of carbonyl (C=O) groups is 1. The zero-order valence-electron chi connectivity index (χ0n) is 8.44. The Labute approximate surface area is 83.6 Å². The first-order valence-electron chi connectivity index (χ1n) is 4.76. The van der Waals surface area contributed by atoms with Gasteiger partial charge >= 0.3 is 0 Å². The Morgan fingerprint density at radius 1 is 1.71 bits per heavy atom. The Hall–Kier alpha value is -0.650. The lowest BCUT2D eigenvalue weighted by atomic mass is 10.1. The van der Waals surface area contributed by atoms with Crippen molar-refractivity contribution in [2.45, 2.75) is 12.5 Å². The Balaban J connectivity index is 2.47. The average molecular weight is 203 g/mol. The van der Waals surface area contributed by atoms with Crippen LogP contribution in [0.5, 0.6) is 0 Å². The summed E-state index contributed by atoms with van der Waals surface area (Å²) in [6.07, 6.45) is 0.565. The highest BCUT2D eigenvalue weighted by Crippen LogP contribution is 2.10. The molecular formula is C9H17NO4. The molecule has 1 N–H and O–H groups in total. The van der Waals surface area contributed by atoms with Gasteiger partial charge in [-0.15, -0.1) is 0 Å². The van der Waals surface area contributed by atoms with Crippen molar-refractivity contribution >= 4 is 5.91 Å². The van der Waals surface area contributed by atoms with E-state index in [1.807, 2.05) is 0 Å². The molecule has 1 aliphatic heterocycles. The van der Waals surface area contributed by atoms with Crippen molar-refractivity contribution in [2.75, 3.05) is 40.1 Å². The van der Waals surface area contributed by atoms with Crippen LogP contribution in [0.3, 0.4) is 0 Å². The van der Waals surface area contributed by atoms with Crippen LogP contribution in [0.4, 0.5) is 0 Å². The molecule has 1 unspecified atom stereocenters. The Morgan fingerprint density at radius 3 is 3.14 bits per heavy atom. The number of nitrogens with zero attached hydrogens (tertiary/aromatic N) is 1. The lowest BCUT2D eigenvalue weighted by molar-refractivity contribution is -0.149. The Morgan fingerprint density at radius 2 is 2.50 bits per heavy atom. The number of aliphatic hydroxyl groups is 1. The van der Waals surface area contributed by atoms with Crippen molar-refractivity contribution in [1.82, 2.24) is 4.90 Å². The molecule has 1 rings (SSSR count). The molecule has 1 aliphatic rings. The number of aliphatic hydroxyl groups excluding tert-OH is 1. The number of morpholine rings is 1. The summed E-state index contributed by atoms with van der Waals surface area (Å²) in [5, 5.41) is 8.82. The van der Waals surface area contributed by atoms with Crippen LogP contribution in [-0.2, 0) is 14.3 Å². The highest BCUT2D eigenvalue weighted by atomic mass is 16.5. The fourth-order valence-corrected chi connectivity index (χ4v) is 1.54. The fraction of sp³-hybridized carbons (Fsp3) is 0.889. The van der Waals surface area contributed by atoms with Gasteiger partial charge in [0, 0.05) is 20.3 Å². The van der Waals surface area contributed by atoms with Gasteiger partial charge < -0.3 is 19.5 Å². The highest BCUT2D eigenvalue weighted by molar-refractivity contribution is 5.78. The summed E-state index contributed by atoms with van der Waals surface area (Å²) < 4.78 is 10.0. The first-order chi connectivity index (χ1) is 6.79. The van der Waals surface area contributed by atoms with Crippen LogP contribution in [0.25, 0.3) is 0 Å². The zero-order valence-corrected chi connectivity index (χ0v) is 8.44. The Kier molecular flexibility index (Phi) is 4.86. The maximum absolute atomic E-state index is 11.4. The quantitative estimate of drug-likeness (QED) is 0.638. The van der Waals surface area contributed by atoms with E-state index in [1.165, 1.54) is 0 Å². The number of ether oxygens (including phenoxy) is 2. The number of carbonyl (C=O) groups excluding carboxylic acids is 1. The van der Waals surface area contributed by atoms with E-state index in [0.29, 0.717) is 26.2 Å². The molecule has 0 spiro atoms. The molecule has 5 heteroatoms. The van der Waals surface area contributed by atoms with Crippen molar-refractivity contribution < 1.29 is 19.4 Å². The number of rotatable bonds is 5. The van der Waals surface area contributed by atoms with Crippen LogP contribution in [0.15, 0.2) is 0 Å². The molecule has 0 bridgehead atoms. The number of amides is 1. The van der Waals surface area contributed by atoms with Gasteiger partial charge in [-0.3, -0.25) is 4.79 Å². The maximum atomic E-state index is 11.4. The predicted octanol–water partition coefficient (Wildman–Crippen LogP) is -0.757. The largest absolute Gasteiger partial charge is 0.396 e. The van der Waals surface area contributed by atoms with Crippen LogP contribution in [0, 0.1) is 0 Å². The van der Waals surface area contributed by atoms with Crippen molar-refractivity contribution in [3.05, 3.63) is 0 Å². The van der Waals surface area contributed by atoms with E-state index >= 15 is 0 Å². The molecule has 1 saturated heterocycles. The summed E-state index contributed by atoms with van der Waals surface area (Å²) in [5.41, 5.74) is 0. The number of hydrogen-bond acceptors (Lipinski definition) is 4. The van der Waals surface area contributed by atoms with Crippen molar-refractivity contribution in [2.24, 2.45) is 0 Å². The molecule has 0 aromatic carbocycles. The molecule has 1 atom stereocenters. The summed E-state index contributed by atoms with van der Waals surface area (Å²) >= 11 is 0. The van der Waals surface area contributed by atoms with Gasteiger partial charge in [-0.05, 0) is 6.42 Å². The first-order valence-corrected chi connectivity index (χ1v) is 4.76. The van der Waals surface area contributed by atoms with Crippen LogP contribution in [0.1, 0.15) is 6.42 Å². The van der Waals surface area contributed by atoms with E-state index in [-0.39, 0.29) is 25.2 Å². The van der Waals surface area contributed by atoms with E-state index in [1.54, 1.807) is 12.0 Å². The van der Waals surface area contributed by atoms with E-state index in [0.717, 1.165) is 0 Å². The molecular weight excluding hydrogens is 186 g/mol. The van der Waals surface area contributed by atoms with Gasteiger partial charge in [0.1, 0.15) is 6.61 Å². The molecule has 1 heterocycles. The molecule has 82 valence electrons. The number of methoxy groups -OCH3 is 1. The third-order valence-corrected chi connectivity index (χ3v) is 2.30. The van der Waals surface area contributed by atoms with Crippen LogP contribution < -0.4 is 0 Å². The third kappa shape index (κ3) is 2.94. The second-order valence-electron chi connectivity index (χ2n) is 3.26. The zero-order chi connectivity index (χ0) is 10.4. The van der Waals surface area contributed by atoms with Crippen LogP contribution >= 0.6 is 0 Å². The van der Waals surface area contributed by atoms with Gasteiger partial charge in [0.2, 0.25) is 5.91 Å². The molecule has 1 amide bonds. The summed E-state index contributed by atoms with van der Waals surface area (Å²) in [4.78, 5) is 13.2. The second-order valence-corrected chi connectivity index (χ2v) is 3.26. The topological polar surface area (TPSA) is 59.0 Å².